The lowest BCUT2D eigenvalue weighted by atomic mass is 9.85. The minimum Gasteiger partial charge on any atom is -0.493 e. The molecule has 0 fully saturated rings. The van der Waals surface area contributed by atoms with E-state index in [0.717, 1.165) is 53.9 Å². The van der Waals surface area contributed by atoms with Crippen LogP contribution in [0.5, 0.6) is 11.5 Å². The lowest BCUT2D eigenvalue weighted by Crippen LogP contribution is -2.39. The van der Waals surface area contributed by atoms with E-state index in [2.05, 4.69) is 34.1 Å². The second-order valence-corrected chi connectivity index (χ2v) is 8.69. The summed E-state index contributed by atoms with van der Waals surface area (Å²) in [5, 5.41) is 1.00. The smallest absolute Gasteiger partial charge is 0.161 e. The number of nitrogens with one attached hydrogen (secondary N) is 1. The molecule has 4 aromatic rings. The van der Waals surface area contributed by atoms with Crippen LogP contribution in [0.1, 0.15) is 34.0 Å². The van der Waals surface area contributed by atoms with Crippen molar-refractivity contribution < 1.29 is 13.9 Å². The van der Waals surface area contributed by atoms with Gasteiger partial charge in [0.1, 0.15) is 12.4 Å². The molecule has 0 bridgehead atoms. The molecule has 1 N–H and O–H groups in total. The van der Waals surface area contributed by atoms with Crippen LogP contribution in [0.15, 0.2) is 60.7 Å². The summed E-state index contributed by atoms with van der Waals surface area (Å²) in [7, 11) is 1.69. The second-order valence-electron chi connectivity index (χ2n) is 8.69. The number of aromatic nitrogens is 1. The summed E-state index contributed by atoms with van der Waals surface area (Å²) < 4.78 is 25.8. The first kappa shape index (κ1) is 19.4. The van der Waals surface area contributed by atoms with E-state index in [-0.39, 0.29) is 11.9 Å². The fourth-order valence-corrected chi connectivity index (χ4v) is 5.24. The summed E-state index contributed by atoms with van der Waals surface area (Å²) in [6.45, 7) is 2.35. The van der Waals surface area contributed by atoms with Gasteiger partial charge in [0.2, 0.25) is 0 Å². The topological polar surface area (TPSA) is 37.5 Å². The van der Waals surface area contributed by atoms with E-state index < -0.39 is 0 Å². The van der Waals surface area contributed by atoms with Crippen LogP contribution < -0.4 is 9.47 Å². The van der Waals surface area contributed by atoms with Crippen LogP contribution in [0, 0.1) is 5.82 Å². The van der Waals surface area contributed by atoms with Crippen LogP contribution >= 0.6 is 0 Å². The second kappa shape index (κ2) is 7.68. The highest BCUT2D eigenvalue weighted by atomic mass is 19.1. The summed E-state index contributed by atoms with van der Waals surface area (Å²) in [5.74, 6) is 1.36. The number of fused-ring (bicyclic) bond motifs is 6. The molecule has 2 aliphatic rings. The van der Waals surface area contributed by atoms with Crippen molar-refractivity contribution in [3.8, 4) is 11.5 Å². The lowest BCUT2D eigenvalue weighted by molar-refractivity contribution is 0.158. The zero-order valence-electron chi connectivity index (χ0n) is 18.0. The third-order valence-corrected chi connectivity index (χ3v) is 6.85. The van der Waals surface area contributed by atoms with Crippen LogP contribution in [-0.4, -0.2) is 23.5 Å². The highest BCUT2D eigenvalue weighted by Crippen LogP contribution is 2.44. The molecule has 3 heterocycles. The van der Waals surface area contributed by atoms with Crippen molar-refractivity contribution in [2.24, 2.45) is 0 Å². The molecule has 162 valence electrons. The van der Waals surface area contributed by atoms with E-state index in [1.165, 1.54) is 28.5 Å². The van der Waals surface area contributed by atoms with Crippen molar-refractivity contribution in [1.82, 2.24) is 9.88 Å². The molecule has 0 spiro atoms. The Morgan fingerprint density at radius 2 is 1.94 bits per heavy atom. The Hall–Kier alpha value is -3.31. The quantitative estimate of drug-likeness (QED) is 0.463. The molecular weight excluding hydrogens is 403 g/mol. The average molecular weight is 429 g/mol. The summed E-state index contributed by atoms with van der Waals surface area (Å²) in [6, 6.07) is 19.7. The van der Waals surface area contributed by atoms with Gasteiger partial charge in [-0.25, -0.2) is 4.39 Å². The summed E-state index contributed by atoms with van der Waals surface area (Å²) in [5.41, 5.74) is 7.18. The van der Waals surface area contributed by atoms with Gasteiger partial charge in [-0.05, 0) is 65.4 Å². The summed E-state index contributed by atoms with van der Waals surface area (Å²) in [4.78, 5) is 6.03. The molecule has 32 heavy (non-hydrogen) atoms. The molecule has 0 saturated heterocycles. The van der Waals surface area contributed by atoms with Gasteiger partial charge in [0.15, 0.2) is 11.5 Å². The normalized spacial score (nSPS) is 17.5. The number of aromatic amines is 1. The van der Waals surface area contributed by atoms with Gasteiger partial charge in [0.05, 0.1) is 7.11 Å². The fourth-order valence-electron chi connectivity index (χ4n) is 5.24. The molecule has 0 aliphatic carbocycles. The number of nitrogens with zero attached hydrogens (tertiary/aromatic N) is 1. The number of benzene rings is 3. The van der Waals surface area contributed by atoms with Crippen LogP contribution in [0.4, 0.5) is 4.39 Å². The van der Waals surface area contributed by atoms with Crippen molar-refractivity contribution in [2.75, 3.05) is 13.7 Å². The van der Waals surface area contributed by atoms with Gasteiger partial charge < -0.3 is 14.5 Å². The molecule has 0 amide bonds. The number of H-pyrrole nitrogens is 1. The first-order valence-corrected chi connectivity index (χ1v) is 11.1. The molecule has 1 unspecified atom stereocenters. The SMILES string of the molecule is COc1cc2c(cc1OCc1ccccc1)CCN1Cc3[nH]c4ccc(F)cc4c3CC21. The number of ether oxygens (including phenoxy) is 2. The summed E-state index contributed by atoms with van der Waals surface area (Å²) in [6.07, 6.45) is 1.83. The summed E-state index contributed by atoms with van der Waals surface area (Å²) >= 11 is 0. The Morgan fingerprint density at radius 3 is 2.78 bits per heavy atom. The first-order chi connectivity index (χ1) is 15.7. The number of halogens is 1. The van der Waals surface area contributed by atoms with Crippen molar-refractivity contribution in [2.45, 2.75) is 32.0 Å². The van der Waals surface area contributed by atoms with Gasteiger partial charge in [-0.3, -0.25) is 4.90 Å². The van der Waals surface area contributed by atoms with Crippen LogP contribution in [0.2, 0.25) is 0 Å². The fraction of sp³-hybridized carbons (Fsp3) is 0.259. The van der Waals surface area contributed by atoms with Crippen LogP contribution in [-0.2, 0) is 26.0 Å². The minimum absolute atomic E-state index is 0.187. The van der Waals surface area contributed by atoms with Crippen LogP contribution in [0.25, 0.3) is 10.9 Å². The first-order valence-electron chi connectivity index (χ1n) is 11.1. The molecule has 6 rings (SSSR count). The third-order valence-electron chi connectivity index (χ3n) is 6.85. The molecular formula is C27H25FN2O2. The number of hydrogen-bond acceptors (Lipinski definition) is 3. The number of methoxy groups -OCH3 is 1. The molecule has 5 heteroatoms. The van der Waals surface area contributed by atoms with Gasteiger partial charge in [0.25, 0.3) is 0 Å². The van der Waals surface area contributed by atoms with E-state index in [4.69, 9.17) is 9.47 Å². The maximum atomic E-state index is 13.9. The maximum absolute atomic E-state index is 13.9. The van der Waals surface area contributed by atoms with Crippen molar-refractivity contribution >= 4 is 10.9 Å². The highest BCUT2D eigenvalue weighted by Gasteiger charge is 2.34. The lowest BCUT2D eigenvalue weighted by Gasteiger charge is -2.40. The standard InChI is InChI=1S/C27H25FN2O2/c1-31-26-14-20-18(11-27(26)32-16-17-5-3-2-4-6-17)9-10-30-15-24-22(13-25(20)30)21-12-19(28)7-8-23(21)29-24/h2-8,11-12,14,25,29H,9-10,13,15-16H2,1H3. The van der Waals surface area contributed by atoms with E-state index in [1.807, 2.05) is 24.3 Å². The van der Waals surface area contributed by atoms with Gasteiger partial charge >= 0.3 is 0 Å². The molecule has 4 nitrogen and oxygen atoms in total. The monoisotopic (exact) mass is 428 g/mol. The Balaban J connectivity index is 1.34. The van der Waals surface area contributed by atoms with E-state index in [1.54, 1.807) is 13.2 Å². The number of hydrogen-bond donors (Lipinski definition) is 1. The van der Waals surface area contributed by atoms with E-state index in [9.17, 15) is 4.39 Å². The van der Waals surface area contributed by atoms with Gasteiger partial charge in [-0.1, -0.05) is 30.3 Å². The van der Waals surface area contributed by atoms with Gasteiger partial charge in [-0.15, -0.1) is 0 Å². The van der Waals surface area contributed by atoms with E-state index >= 15 is 0 Å². The number of rotatable bonds is 4. The van der Waals surface area contributed by atoms with E-state index in [0.29, 0.717) is 6.61 Å². The zero-order chi connectivity index (χ0) is 21.7. The largest absolute Gasteiger partial charge is 0.493 e. The minimum atomic E-state index is -0.187. The van der Waals surface area contributed by atoms with Crippen LogP contribution in [0.3, 0.4) is 0 Å². The molecule has 0 saturated carbocycles. The Labute approximate surface area is 186 Å². The maximum Gasteiger partial charge on any atom is 0.161 e. The van der Waals surface area contributed by atoms with Gasteiger partial charge in [-0.2, -0.15) is 0 Å². The predicted molar refractivity (Wildman–Crippen MR) is 123 cm³/mol. The third kappa shape index (κ3) is 3.24. The molecule has 0 radical (unpaired) electrons. The Morgan fingerprint density at radius 1 is 1.06 bits per heavy atom. The Kier molecular flexibility index (Phi) is 4.65. The molecule has 1 atom stereocenters. The highest BCUT2D eigenvalue weighted by molar-refractivity contribution is 5.85. The zero-order valence-corrected chi connectivity index (χ0v) is 18.0. The van der Waals surface area contributed by atoms with Crippen molar-refractivity contribution in [3.63, 3.8) is 0 Å². The van der Waals surface area contributed by atoms with Crippen molar-refractivity contribution in [1.29, 1.82) is 0 Å². The van der Waals surface area contributed by atoms with Crippen molar-refractivity contribution in [3.05, 3.63) is 94.4 Å². The van der Waals surface area contributed by atoms with Gasteiger partial charge in [0, 0.05) is 35.7 Å². The average Bonchev–Trinajstić information content (AvgIpc) is 3.18. The molecule has 1 aromatic heterocycles. The molecule has 2 aliphatic heterocycles. The Bertz CT molecular complexity index is 1300. The molecule has 3 aromatic carbocycles. The predicted octanol–water partition coefficient (Wildman–Crippen LogP) is 5.55.